The summed E-state index contributed by atoms with van der Waals surface area (Å²) in [7, 11) is -3.34. The molecular formula is C23H31N3O3S. The number of hydrogen-bond acceptors (Lipinski definition) is 4. The van der Waals surface area contributed by atoms with E-state index in [2.05, 4.69) is 36.5 Å². The Labute approximate surface area is 179 Å². The van der Waals surface area contributed by atoms with Crippen LogP contribution in [0.1, 0.15) is 36.6 Å². The van der Waals surface area contributed by atoms with E-state index in [1.165, 1.54) is 9.87 Å². The van der Waals surface area contributed by atoms with Crippen molar-refractivity contribution in [2.45, 2.75) is 32.1 Å². The van der Waals surface area contributed by atoms with Crippen molar-refractivity contribution in [1.82, 2.24) is 14.5 Å². The van der Waals surface area contributed by atoms with Crippen LogP contribution in [0.25, 0.3) is 0 Å². The van der Waals surface area contributed by atoms with Crippen molar-refractivity contribution < 1.29 is 13.2 Å². The van der Waals surface area contributed by atoms with Gasteiger partial charge in [-0.3, -0.25) is 9.69 Å². The van der Waals surface area contributed by atoms with Crippen LogP contribution in [0, 0.1) is 0 Å². The van der Waals surface area contributed by atoms with Gasteiger partial charge in [0.05, 0.1) is 18.3 Å². The Kier molecular flexibility index (Phi) is 7.64. The van der Waals surface area contributed by atoms with E-state index in [0.29, 0.717) is 26.2 Å². The van der Waals surface area contributed by atoms with Gasteiger partial charge in [-0.25, -0.2) is 8.42 Å². The minimum atomic E-state index is -3.34. The van der Waals surface area contributed by atoms with E-state index in [1.54, 1.807) is 0 Å². The summed E-state index contributed by atoms with van der Waals surface area (Å²) in [6.45, 7) is 6.32. The fourth-order valence-electron chi connectivity index (χ4n) is 3.66. The number of nitrogens with zero attached hydrogens (tertiary/aromatic N) is 2. The molecule has 0 saturated carbocycles. The first-order valence-electron chi connectivity index (χ1n) is 10.5. The Balaban J connectivity index is 1.46. The zero-order chi connectivity index (χ0) is 21.6. The number of aryl methyl sites for hydroxylation is 1. The summed E-state index contributed by atoms with van der Waals surface area (Å²) in [5.41, 5.74) is 3.15. The molecular weight excluding hydrogens is 398 g/mol. The lowest BCUT2D eigenvalue weighted by Crippen LogP contribution is -2.51. The zero-order valence-electron chi connectivity index (χ0n) is 17.8. The minimum Gasteiger partial charge on any atom is -0.348 e. The molecule has 7 heteroatoms. The fraction of sp³-hybridized carbons (Fsp3) is 0.435. The molecule has 1 fully saturated rings. The molecule has 3 rings (SSSR count). The van der Waals surface area contributed by atoms with Gasteiger partial charge < -0.3 is 5.32 Å². The molecule has 1 atom stereocenters. The van der Waals surface area contributed by atoms with Gasteiger partial charge in [0.15, 0.2) is 0 Å². The maximum atomic E-state index is 12.7. The Bertz CT molecular complexity index is 922. The number of sulfonamides is 1. The smallest absolute Gasteiger partial charge is 0.234 e. The molecule has 6 nitrogen and oxygen atoms in total. The highest BCUT2D eigenvalue weighted by atomic mass is 32.2. The normalized spacial score (nSPS) is 16.9. The largest absolute Gasteiger partial charge is 0.348 e. The first kappa shape index (κ1) is 22.5. The van der Waals surface area contributed by atoms with E-state index < -0.39 is 10.0 Å². The molecule has 0 aromatic heterocycles. The average molecular weight is 430 g/mol. The number of carbonyl (C=O) groups excluding carboxylic acids is 1. The van der Waals surface area contributed by atoms with Crippen LogP contribution in [0.5, 0.6) is 0 Å². The maximum absolute atomic E-state index is 12.7. The van der Waals surface area contributed by atoms with Crippen molar-refractivity contribution >= 4 is 15.9 Å². The molecule has 1 amide bonds. The fourth-order valence-corrected chi connectivity index (χ4v) is 5.17. The summed E-state index contributed by atoms with van der Waals surface area (Å²) in [5, 5.41) is 3.04. The lowest BCUT2D eigenvalue weighted by Gasteiger charge is -2.33. The number of carbonyl (C=O) groups is 1. The van der Waals surface area contributed by atoms with Crippen molar-refractivity contribution in [2.75, 3.05) is 32.7 Å². The number of piperazine rings is 1. The second-order valence-corrected chi connectivity index (χ2v) is 9.77. The Morgan fingerprint density at radius 2 is 1.60 bits per heavy atom. The van der Waals surface area contributed by atoms with Gasteiger partial charge in [0.25, 0.3) is 0 Å². The van der Waals surface area contributed by atoms with Gasteiger partial charge in [-0.1, -0.05) is 61.5 Å². The van der Waals surface area contributed by atoms with Crippen molar-refractivity contribution in [3.63, 3.8) is 0 Å². The van der Waals surface area contributed by atoms with Gasteiger partial charge in [-0.15, -0.1) is 0 Å². The minimum absolute atomic E-state index is 0.0165. The number of hydrogen-bond donors (Lipinski definition) is 1. The Morgan fingerprint density at radius 1 is 0.967 bits per heavy atom. The summed E-state index contributed by atoms with van der Waals surface area (Å²) in [6, 6.07) is 17.5. The molecule has 1 heterocycles. The summed E-state index contributed by atoms with van der Waals surface area (Å²) in [5.74, 6) is -0.0227. The van der Waals surface area contributed by atoms with E-state index in [4.69, 9.17) is 0 Å². The van der Waals surface area contributed by atoms with E-state index >= 15 is 0 Å². The molecule has 1 N–H and O–H groups in total. The standard InChI is InChI=1S/C23H31N3O3S/c1-3-20-9-11-22(12-10-20)19(2)24-23(27)17-25-13-15-26(16-14-25)30(28,29)18-21-7-5-4-6-8-21/h4-12,19H,3,13-18H2,1-2H3,(H,24,27)/t19-/m1/s1. The van der Waals surface area contributed by atoms with Gasteiger partial charge >= 0.3 is 0 Å². The molecule has 2 aromatic carbocycles. The Morgan fingerprint density at radius 3 is 2.20 bits per heavy atom. The highest BCUT2D eigenvalue weighted by molar-refractivity contribution is 7.88. The van der Waals surface area contributed by atoms with Gasteiger partial charge in [0.1, 0.15) is 0 Å². The molecule has 0 unspecified atom stereocenters. The predicted octanol–water partition coefficient (Wildman–Crippen LogP) is 2.57. The van der Waals surface area contributed by atoms with Gasteiger partial charge in [0, 0.05) is 26.2 Å². The van der Waals surface area contributed by atoms with Crippen molar-refractivity contribution in [1.29, 1.82) is 0 Å². The zero-order valence-corrected chi connectivity index (χ0v) is 18.6. The SMILES string of the molecule is CCc1ccc([C@@H](C)NC(=O)CN2CCN(S(=O)(=O)Cc3ccccc3)CC2)cc1. The third-order valence-corrected chi connectivity index (χ3v) is 7.40. The lowest BCUT2D eigenvalue weighted by molar-refractivity contribution is -0.123. The number of amides is 1. The van der Waals surface area contributed by atoms with Crippen LogP contribution in [0.4, 0.5) is 0 Å². The third kappa shape index (κ3) is 6.14. The quantitative estimate of drug-likeness (QED) is 0.700. The van der Waals surface area contributed by atoms with E-state index in [0.717, 1.165) is 17.5 Å². The topological polar surface area (TPSA) is 69.7 Å². The van der Waals surface area contributed by atoms with Gasteiger partial charge in [-0.05, 0) is 30.0 Å². The first-order valence-corrected chi connectivity index (χ1v) is 12.1. The molecule has 0 bridgehead atoms. The van der Waals surface area contributed by atoms with Crippen molar-refractivity contribution in [3.8, 4) is 0 Å². The summed E-state index contributed by atoms with van der Waals surface area (Å²) in [6.07, 6.45) is 0.994. The van der Waals surface area contributed by atoms with Crippen LogP contribution in [-0.4, -0.2) is 56.3 Å². The molecule has 1 aliphatic heterocycles. The maximum Gasteiger partial charge on any atom is 0.234 e. The molecule has 30 heavy (non-hydrogen) atoms. The third-order valence-electron chi connectivity index (χ3n) is 5.55. The molecule has 2 aromatic rings. The van der Waals surface area contributed by atoms with E-state index in [1.807, 2.05) is 42.2 Å². The summed E-state index contributed by atoms with van der Waals surface area (Å²) < 4.78 is 26.9. The van der Waals surface area contributed by atoms with Gasteiger partial charge in [-0.2, -0.15) is 4.31 Å². The highest BCUT2D eigenvalue weighted by Gasteiger charge is 2.28. The number of rotatable bonds is 8. The monoisotopic (exact) mass is 429 g/mol. The van der Waals surface area contributed by atoms with Crippen LogP contribution < -0.4 is 5.32 Å². The molecule has 1 aliphatic rings. The second-order valence-electron chi connectivity index (χ2n) is 7.80. The summed E-state index contributed by atoms with van der Waals surface area (Å²) in [4.78, 5) is 14.5. The molecule has 162 valence electrons. The Hall–Kier alpha value is -2.22. The van der Waals surface area contributed by atoms with Crippen LogP contribution in [0.3, 0.4) is 0 Å². The molecule has 1 saturated heterocycles. The number of benzene rings is 2. The lowest BCUT2D eigenvalue weighted by atomic mass is 10.1. The van der Waals surface area contributed by atoms with Crippen LogP contribution >= 0.6 is 0 Å². The molecule has 0 radical (unpaired) electrons. The first-order chi connectivity index (χ1) is 14.4. The van der Waals surface area contributed by atoms with Crippen LogP contribution in [0.15, 0.2) is 54.6 Å². The average Bonchev–Trinajstić information content (AvgIpc) is 2.74. The second kappa shape index (κ2) is 10.2. The molecule has 0 spiro atoms. The highest BCUT2D eigenvalue weighted by Crippen LogP contribution is 2.15. The predicted molar refractivity (Wildman–Crippen MR) is 119 cm³/mol. The van der Waals surface area contributed by atoms with E-state index in [9.17, 15) is 13.2 Å². The van der Waals surface area contributed by atoms with Crippen molar-refractivity contribution in [3.05, 3.63) is 71.3 Å². The van der Waals surface area contributed by atoms with E-state index in [-0.39, 0.29) is 24.2 Å². The number of nitrogens with one attached hydrogen (secondary N) is 1. The summed E-state index contributed by atoms with van der Waals surface area (Å²) >= 11 is 0. The molecule has 0 aliphatic carbocycles. The van der Waals surface area contributed by atoms with Crippen LogP contribution in [0.2, 0.25) is 0 Å². The van der Waals surface area contributed by atoms with Crippen molar-refractivity contribution in [2.24, 2.45) is 0 Å². The van der Waals surface area contributed by atoms with Gasteiger partial charge in [0.2, 0.25) is 15.9 Å². The van der Waals surface area contributed by atoms with Crippen LogP contribution in [-0.2, 0) is 27.0 Å².